The molecule has 33 heavy (non-hydrogen) atoms. The molecule has 0 aliphatic carbocycles. The molecule has 0 fully saturated rings. The number of nitrogens with one attached hydrogen (secondary N) is 1. The number of aryl methyl sites for hydroxylation is 1. The monoisotopic (exact) mass is 504 g/mol. The van der Waals surface area contributed by atoms with Gasteiger partial charge in [-0.15, -0.1) is 0 Å². The van der Waals surface area contributed by atoms with Crippen LogP contribution in [0.5, 0.6) is 0 Å². The zero-order chi connectivity index (χ0) is 24.0. The van der Waals surface area contributed by atoms with Crippen LogP contribution in [0.15, 0.2) is 72.8 Å². The topological polar surface area (TPSA) is 66.5 Å². The van der Waals surface area contributed by atoms with E-state index in [1.165, 1.54) is 9.87 Å². The predicted molar refractivity (Wildman–Crippen MR) is 136 cm³/mol. The van der Waals surface area contributed by atoms with Gasteiger partial charge in [0.05, 0.1) is 18.5 Å². The number of nitrogens with zero attached hydrogens (tertiary/aromatic N) is 1. The van der Waals surface area contributed by atoms with Crippen LogP contribution in [0.2, 0.25) is 10.0 Å². The molecule has 0 saturated heterocycles. The van der Waals surface area contributed by atoms with Crippen molar-refractivity contribution in [3.8, 4) is 0 Å². The number of benzene rings is 3. The molecule has 0 saturated carbocycles. The van der Waals surface area contributed by atoms with Gasteiger partial charge in [0.2, 0.25) is 10.0 Å². The van der Waals surface area contributed by atoms with Crippen LogP contribution in [0.4, 0.5) is 5.69 Å². The van der Waals surface area contributed by atoms with Crippen LogP contribution >= 0.6 is 23.2 Å². The van der Waals surface area contributed by atoms with E-state index in [0.717, 1.165) is 19.1 Å². The molecular weight excluding hydrogens is 479 g/mol. The molecule has 3 aromatic rings. The number of halogens is 2. The highest BCUT2D eigenvalue weighted by atomic mass is 35.5. The zero-order valence-corrected chi connectivity index (χ0v) is 20.8. The van der Waals surface area contributed by atoms with Gasteiger partial charge in [-0.1, -0.05) is 59.6 Å². The standard InChI is InChI=1S/C25H26Cl2N2O3S/c1-18(11-12-19-7-4-3-5-8-19)28-25(30)20-13-15-21(16-14-20)29(33(2,31)32)17-22-23(26)9-6-10-24(22)27/h3-10,13-16,18H,11-12,17H2,1-2H3,(H,28,30)/t18-/m0/s1. The molecule has 0 radical (unpaired) electrons. The molecule has 0 spiro atoms. The van der Waals surface area contributed by atoms with E-state index in [9.17, 15) is 13.2 Å². The quantitative estimate of drug-likeness (QED) is 0.405. The lowest BCUT2D eigenvalue weighted by molar-refractivity contribution is 0.0938. The lowest BCUT2D eigenvalue weighted by atomic mass is 10.1. The van der Waals surface area contributed by atoms with E-state index in [1.807, 2.05) is 25.1 Å². The summed E-state index contributed by atoms with van der Waals surface area (Å²) in [6.45, 7) is 1.95. The minimum absolute atomic E-state index is 0.00716. The second-order valence-electron chi connectivity index (χ2n) is 7.92. The molecule has 1 N–H and O–H groups in total. The summed E-state index contributed by atoms with van der Waals surface area (Å²) in [5.74, 6) is -0.206. The fraction of sp³-hybridized carbons (Fsp3) is 0.240. The van der Waals surface area contributed by atoms with E-state index in [4.69, 9.17) is 23.2 Å². The van der Waals surface area contributed by atoms with E-state index < -0.39 is 10.0 Å². The Kier molecular flexibility index (Phi) is 8.40. The summed E-state index contributed by atoms with van der Waals surface area (Å²) in [6.07, 6.45) is 2.80. The Bertz CT molecular complexity index is 1180. The summed E-state index contributed by atoms with van der Waals surface area (Å²) in [7, 11) is -3.62. The Balaban J connectivity index is 1.69. The summed E-state index contributed by atoms with van der Waals surface area (Å²) in [6, 6.07) is 21.6. The molecule has 5 nitrogen and oxygen atoms in total. The molecule has 8 heteroatoms. The van der Waals surface area contributed by atoms with Crippen molar-refractivity contribution in [3.63, 3.8) is 0 Å². The third-order valence-corrected chi connectivity index (χ3v) is 7.12. The molecule has 0 aliphatic heterocycles. The molecule has 0 bridgehead atoms. The Morgan fingerprint density at radius 1 is 0.939 bits per heavy atom. The van der Waals surface area contributed by atoms with Crippen LogP contribution in [-0.4, -0.2) is 26.6 Å². The van der Waals surface area contributed by atoms with Gasteiger partial charge in [-0.3, -0.25) is 9.10 Å². The maximum absolute atomic E-state index is 12.6. The highest BCUT2D eigenvalue weighted by molar-refractivity contribution is 7.92. The van der Waals surface area contributed by atoms with E-state index in [-0.39, 0.29) is 18.5 Å². The second kappa shape index (κ2) is 11.1. The van der Waals surface area contributed by atoms with Crippen LogP contribution in [-0.2, 0) is 23.0 Å². The fourth-order valence-electron chi connectivity index (χ4n) is 3.41. The van der Waals surface area contributed by atoms with Crippen LogP contribution in [0.25, 0.3) is 0 Å². The van der Waals surface area contributed by atoms with Crippen LogP contribution in [0.3, 0.4) is 0 Å². The van der Waals surface area contributed by atoms with Crippen molar-refractivity contribution in [3.05, 3.63) is 99.5 Å². The van der Waals surface area contributed by atoms with Gasteiger partial charge in [0.1, 0.15) is 0 Å². The second-order valence-corrected chi connectivity index (χ2v) is 10.6. The Morgan fingerprint density at radius 3 is 2.12 bits per heavy atom. The van der Waals surface area contributed by atoms with Gasteiger partial charge < -0.3 is 5.32 Å². The lowest BCUT2D eigenvalue weighted by Gasteiger charge is -2.24. The van der Waals surface area contributed by atoms with Crippen molar-refractivity contribution in [2.75, 3.05) is 10.6 Å². The van der Waals surface area contributed by atoms with Gasteiger partial charge in [-0.25, -0.2) is 8.42 Å². The van der Waals surface area contributed by atoms with Crippen LogP contribution in [0.1, 0.15) is 34.8 Å². The average Bonchev–Trinajstić information content (AvgIpc) is 2.77. The highest BCUT2D eigenvalue weighted by Crippen LogP contribution is 2.29. The third kappa shape index (κ3) is 6.97. The zero-order valence-electron chi connectivity index (χ0n) is 18.5. The molecular formula is C25H26Cl2N2O3S. The molecule has 1 atom stereocenters. The van der Waals surface area contributed by atoms with Crippen molar-refractivity contribution in [2.24, 2.45) is 0 Å². The van der Waals surface area contributed by atoms with Gasteiger partial charge in [0, 0.05) is 27.2 Å². The normalized spacial score (nSPS) is 12.2. The van der Waals surface area contributed by atoms with Gasteiger partial charge in [-0.2, -0.15) is 0 Å². The largest absolute Gasteiger partial charge is 0.350 e. The number of carbonyl (C=O) groups excluding carboxylic acids is 1. The lowest BCUT2D eigenvalue weighted by Crippen LogP contribution is -2.33. The first-order valence-corrected chi connectivity index (χ1v) is 13.1. The number of hydrogen-bond acceptors (Lipinski definition) is 3. The van der Waals surface area contributed by atoms with E-state index in [2.05, 4.69) is 17.4 Å². The van der Waals surface area contributed by atoms with Crippen molar-refractivity contribution in [1.82, 2.24) is 5.32 Å². The fourth-order valence-corrected chi connectivity index (χ4v) is 4.80. The molecule has 0 aromatic heterocycles. The summed E-state index contributed by atoms with van der Waals surface area (Å²) in [4.78, 5) is 12.6. The van der Waals surface area contributed by atoms with Crippen molar-refractivity contribution in [2.45, 2.75) is 32.4 Å². The first-order valence-electron chi connectivity index (χ1n) is 10.5. The Morgan fingerprint density at radius 2 is 1.55 bits per heavy atom. The predicted octanol–water partition coefficient (Wildman–Crippen LogP) is 5.71. The summed E-state index contributed by atoms with van der Waals surface area (Å²) >= 11 is 12.5. The summed E-state index contributed by atoms with van der Waals surface area (Å²) in [5.41, 5.74) is 2.61. The van der Waals surface area contributed by atoms with E-state index >= 15 is 0 Å². The first-order chi connectivity index (χ1) is 15.6. The van der Waals surface area contributed by atoms with E-state index in [0.29, 0.717) is 26.9 Å². The highest BCUT2D eigenvalue weighted by Gasteiger charge is 2.21. The van der Waals surface area contributed by atoms with Gasteiger partial charge in [0.25, 0.3) is 5.91 Å². The molecule has 0 heterocycles. The van der Waals surface area contributed by atoms with Crippen LogP contribution < -0.4 is 9.62 Å². The number of carbonyl (C=O) groups is 1. The minimum atomic E-state index is -3.62. The Hall–Kier alpha value is -2.54. The Labute approximate surface area is 205 Å². The average molecular weight is 505 g/mol. The van der Waals surface area contributed by atoms with Gasteiger partial charge in [0.15, 0.2) is 0 Å². The number of hydrogen-bond donors (Lipinski definition) is 1. The van der Waals surface area contributed by atoms with Gasteiger partial charge in [-0.05, 0) is 61.7 Å². The maximum atomic E-state index is 12.6. The smallest absolute Gasteiger partial charge is 0.251 e. The van der Waals surface area contributed by atoms with Crippen molar-refractivity contribution < 1.29 is 13.2 Å². The number of rotatable bonds is 9. The minimum Gasteiger partial charge on any atom is -0.350 e. The van der Waals surface area contributed by atoms with Gasteiger partial charge >= 0.3 is 0 Å². The summed E-state index contributed by atoms with van der Waals surface area (Å²) < 4.78 is 26.2. The number of anilines is 1. The third-order valence-electron chi connectivity index (χ3n) is 5.27. The molecule has 1 amide bonds. The van der Waals surface area contributed by atoms with Crippen LogP contribution in [0, 0.1) is 0 Å². The number of sulfonamides is 1. The first kappa shape index (κ1) is 25.1. The summed E-state index contributed by atoms with van der Waals surface area (Å²) in [5, 5.41) is 3.77. The number of amides is 1. The van der Waals surface area contributed by atoms with Crippen molar-refractivity contribution >= 4 is 44.8 Å². The molecule has 174 valence electrons. The molecule has 0 aliphatic rings. The van der Waals surface area contributed by atoms with E-state index in [1.54, 1.807) is 42.5 Å². The van der Waals surface area contributed by atoms with Crippen molar-refractivity contribution in [1.29, 1.82) is 0 Å². The molecule has 3 rings (SSSR count). The maximum Gasteiger partial charge on any atom is 0.251 e. The molecule has 0 unspecified atom stereocenters. The molecule has 3 aromatic carbocycles. The SMILES string of the molecule is C[C@@H](CCc1ccccc1)NC(=O)c1ccc(N(Cc2c(Cl)cccc2Cl)S(C)(=O)=O)cc1.